The van der Waals surface area contributed by atoms with E-state index in [9.17, 15) is 4.79 Å². The summed E-state index contributed by atoms with van der Waals surface area (Å²) >= 11 is 0. The van der Waals surface area contributed by atoms with Gasteiger partial charge in [0.05, 0.1) is 5.54 Å². The molecule has 104 valence electrons. The number of amides is 1. The number of fused-ring (bicyclic) bond motifs is 1. The number of hydrogen-bond acceptors (Lipinski definition) is 2. The van der Waals surface area contributed by atoms with Crippen molar-refractivity contribution in [1.29, 1.82) is 0 Å². The van der Waals surface area contributed by atoms with E-state index in [2.05, 4.69) is 4.90 Å². The lowest BCUT2D eigenvalue weighted by atomic mass is 9.77. The summed E-state index contributed by atoms with van der Waals surface area (Å²) < 4.78 is 0. The molecule has 0 bridgehead atoms. The molecular weight excluding hydrogens is 224 g/mol. The number of rotatable bonds is 3. The second-order valence-electron chi connectivity index (χ2n) is 6.12. The monoisotopic (exact) mass is 252 g/mol. The summed E-state index contributed by atoms with van der Waals surface area (Å²) in [5, 5.41) is 0. The van der Waals surface area contributed by atoms with Crippen LogP contribution in [0.25, 0.3) is 0 Å². The van der Waals surface area contributed by atoms with Gasteiger partial charge >= 0.3 is 0 Å². The van der Waals surface area contributed by atoms with Crippen LogP contribution >= 0.6 is 0 Å². The molecule has 1 amide bonds. The quantitative estimate of drug-likeness (QED) is 0.839. The number of hydrogen-bond donors (Lipinski definition) is 1. The Balaban J connectivity index is 2.13. The number of likely N-dealkylation sites (tertiary alicyclic amines) is 1. The average Bonchev–Trinajstić information content (AvgIpc) is 2.45. The molecule has 0 aromatic heterocycles. The zero-order valence-electron chi connectivity index (χ0n) is 12.0. The van der Waals surface area contributed by atoms with Crippen LogP contribution in [0, 0.1) is 5.92 Å². The van der Waals surface area contributed by atoms with Crippen molar-refractivity contribution in [1.82, 2.24) is 4.90 Å². The van der Waals surface area contributed by atoms with Crippen molar-refractivity contribution in [2.75, 3.05) is 6.54 Å². The second kappa shape index (κ2) is 5.60. The number of nitrogens with zero attached hydrogens (tertiary/aromatic N) is 1. The van der Waals surface area contributed by atoms with Crippen molar-refractivity contribution in [3.8, 4) is 0 Å². The van der Waals surface area contributed by atoms with E-state index in [1.807, 2.05) is 13.8 Å². The second-order valence-corrected chi connectivity index (χ2v) is 6.12. The molecule has 2 rings (SSSR count). The maximum Gasteiger partial charge on any atom is 0.242 e. The number of carbonyl (C=O) groups excluding carboxylic acids is 1. The molecule has 1 saturated carbocycles. The van der Waals surface area contributed by atoms with Crippen LogP contribution < -0.4 is 5.73 Å². The van der Waals surface area contributed by atoms with Crippen LogP contribution in [-0.2, 0) is 4.79 Å². The molecule has 2 aliphatic rings. The maximum atomic E-state index is 12.7. The van der Waals surface area contributed by atoms with Crippen molar-refractivity contribution in [2.24, 2.45) is 11.7 Å². The molecule has 2 atom stereocenters. The highest BCUT2D eigenvalue weighted by Gasteiger charge is 2.41. The van der Waals surface area contributed by atoms with Crippen LogP contribution in [0.2, 0.25) is 0 Å². The topological polar surface area (TPSA) is 46.3 Å². The third-order valence-corrected chi connectivity index (χ3v) is 5.19. The Labute approximate surface area is 111 Å². The van der Waals surface area contributed by atoms with Crippen LogP contribution in [0.1, 0.15) is 65.2 Å². The Hall–Kier alpha value is -0.570. The van der Waals surface area contributed by atoms with Crippen LogP contribution in [0.5, 0.6) is 0 Å². The van der Waals surface area contributed by atoms with Gasteiger partial charge in [0.1, 0.15) is 0 Å². The van der Waals surface area contributed by atoms with Crippen molar-refractivity contribution in [3.05, 3.63) is 0 Å². The fourth-order valence-electron chi connectivity index (χ4n) is 3.72. The zero-order valence-corrected chi connectivity index (χ0v) is 12.0. The molecule has 1 heterocycles. The molecule has 1 saturated heterocycles. The fourth-order valence-corrected chi connectivity index (χ4v) is 3.72. The standard InChI is InChI=1S/C15H28N2O/c1-3-15(16,4-2)14(18)17-11-7-9-12-8-5-6-10-13(12)17/h12-13H,3-11,16H2,1-2H3. The van der Waals surface area contributed by atoms with Gasteiger partial charge in [-0.05, 0) is 44.4 Å². The van der Waals surface area contributed by atoms with Crippen molar-refractivity contribution >= 4 is 5.91 Å². The van der Waals surface area contributed by atoms with Crippen LogP contribution in [0.15, 0.2) is 0 Å². The highest BCUT2D eigenvalue weighted by atomic mass is 16.2. The lowest BCUT2D eigenvalue weighted by molar-refractivity contribution is -0.143. The van der Waals surface area contributed by atoms with Gasteiger partial charge in [0.2, 0.25) is 5.91 Å². The highest BCUT2D eigenvalue weighted by molar-refractivity contribution is 5.86. The van der Waals surface area contributed by atoms with E-state index >= 15 is 0 Å². The van der Waals surface area contributed by atoms with Gasteiger partial charge in [-0.15, -0.1) is 0 Å². The SMILES string of the molecule is CCC(N)(CC)C(=O)N1CCCC2CCCCC21. The van der Waals surface area contributed by atoms with E-state index < -0.39 is 5.54 Å². The van der Waals surface area contributed by atoms with E-state index in [-0.39, 0.29) is 5.91 Å². The Morgan fingerprint density at radius 2 is 1.78 bits per heavy atom. The summed E-state index contributed by atoms with van der Waals surface area (Å²) in [6.45, 7) is 4.99. The fraction of sp³-hybridized carbons (Fsp3) is 0.933. The Kier molecular flexibility index (Phi) is 4.31. The average molecular weight is 252 g/mol. The van der Waals surface area contributed by atoms with E-state index in [1.54, 1.807) is 0 Å². The molecule has 2 unspecified atom stereocenters. The molecule has 1 aliphatic heterocycles. The molecule has 3 heteroatoms. The van der Waals surface area contributed by atoms with Crippen LogP contribution in [0.3, 0.4) is 0 Å². The van der Waals surface area contributed by atoms with Crippen LogP contribution in [-0.4, -0.2) is 28.9 Å². The minimum Gasteiger partial charge on any atom is -0.338 e. The number of piperidine rings is 1. The highest BCUT2D eigenvalue weighted by Crippen LogP contribution is 2.36. The summed E-state index contributed by atoms with van der Waals surface area (Å²) in [6.07, 6.45) is 9.09. The van der Waals surface area contributed by atoms with Crippen molar-refractivity contribution in [3.63, 3.8) is 0 Å². The van der Waals surface area contributed by atoms with Gasteiger partial charge in [-0.1, -0.05) is 26.7 Å². The van der Waals surface area contributed by atoms with E-state index in [0.717, 1.165) is 31.7 Å². The van der Waals surface area contributed by atoms with E-state index in [1.165, 1.54) is 32.1 Å². The van der Waals surface area contributed by atoms with E-state index in [0.29, 0.717) is 6.04 Å². The summed E-state index contributed by atoms with van der Waals surface area (Å²) in [5.41, 5.74) is 5.68. The normalized spacial score (nSPS) is 28.9. The molecular formula is C15H28N2O. The molecule has 0 radical (unpaired) electrons. The molecule has 18 heavy (non-hydrogen) atoms. The van der Waals surface area contributed by atoms with Gasteiger partial charge in [-0.2, -0.15) is 0 Å². The van der Waals surface area contributed by atoms with Crippen molar-refractivity contribution in [2.45, 2.75) is 76.8 Å². The molecule has 0 aromatic carbocycles. The molecule has 1 aliphatic carbocycles. The summed E-state index contributed by atoms with van der Waals surface area (Å²) in [6, 6.07) is 0.487. The van der Waals surface area contributed by atoms with E-state index in [4.69, 9.17) is 5.73 Å². The Morgan fingerprint density at radius 1 is 1.17 bits per heavy atom. The predicted molar refractivity (Wildman–Crippen MR) is 74.2 cm³/mol. The smallest absolute Gasteiger partial charge is 0.242 e. The minimum atomic E-state index is -0.626. The van der Waals surface area contributed by atoms with Gasteiger partial charge < -0.3 is 10.6 Å². The zero-order chi connectivity index (χ0) is 13.2. The van der Waals surface area contributed by atoms with Crippen LogP contribution in [0.4, 0.5) is 0 Å². The lowest BCUT2D eigenvalue weighted by Gasteiger charge is -2.46. The minimum absolute atomic E-state index is 0.212. The lowest BCUT2D eigenvalue weighted by Crippen LogP contribution is -2.60. The van der Waals surface area contributed by atoms with Crippen molar-refractivity contribution < 1.29 is 4.79 Å². The first-order valence-corrected chi connectivity index (χ1v) is 7.72. The first kappa shape index (κ1) is 13.9. The summed E-state index contributed by atoms with van der Waals surface area (Å²) in [4.78, 5) is 14.9. The van der Waals surface area contributed by atoms with Gasteiger partial charge in [0, 0.05) is 12.6 Å². The van der Waals surface area contributed by atoms with Gasteiger partial charge in [0.25, 0.3) is 0 Å². The molecule has 2 fully saturated rings. The third kappa shape index (κ3) is 2.42. The number of carbonyl (C=O) groups is 1. The van der Waals surface area contributed by atoms with Gasteiger partial charge in [-0.25, -0.2) is 0 Å². The Bertz CT molecular complexity index is 297. The maximum absolute atomic E-state index is 12.7. The Morgan fingerprint density at radius 3 is 2.44 bits per heavy atom. The number of nitrogens with two attached hydrogens (primary N) is 1. The first-order valence-electron chi connectivity index (χ1n) is 7.72. The van der Waals surface area contributed by atoms with Gasteiger partial charge in [0.15, 0.2) is 0 Å². The van der Waals surface area contributed by atoms with Gasteiger partial charge in [-0.3, -0.25) is 4.79 Å². The molecule has 0 spiro atoms. The summed E-state index contributed by atoms with van der Waals surface area (Å²) in [7, 11) is 0. The molecule has 2 N–H and O–H groups in total. The summed E-state index contributed by atoms with van der Waals surface area (Å²) in [5.74, 6) is 0.957. The largest absolute Gasteiger partial charge is 0.338 e. The third-order valence-electron chi connectivity index (χ3n) is 5.19. The molecule has 0 aromatic rings. The predicted octanol–water partition coefficient (Wildman–Crippen LogP) is 2.69. The first-order chi connectivity index (χ1) is 8.62. The molecule has 3 nitrogen and oxygen atoms in total.